The van der Waals surface area contributed by atoms with Gasteiger partial charge in [-0.3, -0.25) is 0 Å². The van der Waals surface area contributed by atoms with Gasteiger partial charge in [0.1, 0.15) is 17.1 Å². The molecule has 0 unspecified atom stereocenters. The van der Waals surface area contributed by atoms with Crippen LogP contribution in [0.4, 0.5) is 22.7 Å². The summed E-state index contributed by atoms with van der Waals surface area (Å²) in [4.78, 5) is 0. The molecule has 0 aliphatic heterocycles. The number of para-hydroxylation sites is 4. The highest BCUT2D eigenvalue weighted by Gasteiger charge is 2.40. The molecule has 4 aromatic rings. The van der Waals surface area contributed by atoms with Crippen molar-refractivity contribution in [2.75, 3.05) is 0 Å². The van der Waals surface area contributed by atoms with E-state index in [0.717, 1.165) is 6.42 Å². The number of benzene rings is 4. The Morgan fingerprint density at radius 3 is 1.41 bits per heavy atom. The minimum atomic E-state index is 0.591. The maximum atomic E-state index is 2.33. The molecule has 0 bridgehead atoms. The summed E-state index contributed by atoms with van der Waals surface area (Å²) in [5, 5.41) is 0. The van der Waals surface area contributed by atoms with Crippen LogP contribution in [0.25, 0.3) is 0 Å². The molecule has 1 heteroatoms. The molecule has 0 heterocycles. The van der Waals surface area contributed by atoms with E-state index in [4.69, 9.17) is 0 Å². The van der Waals surface area contributed by atoms with Gasteiger partial charge in [-0.25, -0.2) is 0 Å². The van der Waals surface area contributed by atoms with Gasteiger partial charge in [-0.1, -0.05) is 105 Å². The zero-order chi connectivity index (χ0) is 22.1. The largest absolute Gasteiger partial charge is 0.194 e. The first kappa shape index (κ1) is 22.0. The van der Waals surface area contributed by atoms with Crippen LogP contribution in [0.15, 0.2) is 115 Å². The van der Waals surface area contributed by atoms with Gasteiger partial charge in [0, 0.05) is 48.0 Å². The SMILES string of the molecule is CCCCCCCc1ccccc1[N+](c1ccccc1)(c1ccccc1)c1ccccc1. The van der Waals surface area contributed by atoms with Crippen LogP contribution < -0.4 is 4.48 Å². The van der Waals surface area contributed by atoms with E-state index in [-0.39, 0.29) is 0 Å². The summed E-state index contributed by atoms with van der Waals surface area (Å²) in [7, 11) is 0. The van der Waals surface area contributed by atoms with Gasteiger partial charge in [0.25, 0.3) is 0 Å². The van der Waals surface area contributed by atoms with Crippen LogP contribution in [-0.2, 0) is 6.42 Å². The third-order valence-corrected chi connectivity index (χ3v) is 6.33. The Labute approximate surface area is 193 Å². The van der Waals surface area contributed by atoms with Crippen LogP contribution in [0.3, 0.4) is 0 Å². The Morgan fingerprint density at radius 1 is 0.469 bits per heavy atom. The van der Waals surface area contributed by atoms with Crippen molar-refractivity contribution in [3.05, 3.63) is 121 Å². The Hall–Kier alpha value is -3.16. The lowest BCUT2D eigenvalue weighted by atomic mass is 9.98. The first-order valence-electron chi connectivity index (χ1n) is 12.0. The molecule has 4 rings (SSSR count). The van der Waals surface area contributed by atoms with E-state index in [9.17, 15) is 0 Å². The molecule has 0 aliphatic carbocycles. The molecule has 32 heavy (non-hydrogen) atoms. The lowest BCUT2D eigenvalue weighted by Crippen LogP contribution is -2.34. The highest BCUT2D eigenvalue weighted by molar-refractivity contribution is 5.82. The minimum absolute atomic E-state index is 0.591. The fourth-order valence-corrected chi connectivity index (χ4v) is 4.79. The zero-order valence-corrected chi connectivity index (χ0v) is 19.2. The van der Waals surface area contributed by atoms with Crippen molar-refractivity contribution in [2.24, 2.45) is 0 Å². The summed E-state index contributed by atoms with van der Waals surface area (Å²) in [5.74, 6) is 0. The van der Waals surface area contributed by atoms with E-state index in [2.05, 4.69) is 122 Å². The minimum Gasteiger partial charge on any atom is -0.194 e. The molecule has 0 N–H and O–H groups in total. The average molecular weight is 421 g/mol. The normalized spacial score (nSPS) is 11.4. The van der Waals surface area contributed by atoms with Gasteiger partial charge in [0.2, 0.25) is 0 Å². The summed E-state index contributed by atoms with van der Waals surface area (Å²) in [6.45, 7) is 2.28. The molecule has 0 saturated heterocycles. The van der Waals surface area contributed by atoms with Crippen molar-refractivity contribution in [3.8, 4) is 0 Å². The van der Waals surface area contributed by atoms with Crippen molar-refractivity contribution in [1.82, 2.24) is 4.48 Å². The van der Waals surface area contributed by atoms with Crippen LogP contribution in [0.1, 0.15) is 44.6 Å². The number of hydrogen-bond acceptors (Lipinski definition) is 0. The molecule has 162 valence electrons. The number of nitrogens with zero attached hydrogens (tertiary/aromatic N) is 1. The molecule has 4 aromatic carbocycles. The molecule has 0 aliphatic rings. The topological polar surface area (TPSA) is 0 Å². The number of quaternary nitrogens is 1. The smallest absolute Gasteiger partial charge is 0.151 e. The van der Waals surface area contributed by atoms with Gasteiger partial charge in [-0.05, 0) is 12.8 Å². The fourth-order valence-electron chi connectivity index (χ4n) is 4.79. The van der Waals surface area contributed by atoms with Crippen LogP contribution in [0.5, 0.6) is 0 Å². The molecular formula is C31H34N+. The van der Waals surface area contributed by atoms with Gasteiger partial charge in [-0.2, -0.15) is 4.48 Å². The Morgan fingerprint density at radius 2 is 0.906 bits per heavy atom. The predicted octanol–water partition coefficient (Wildman–Crippen LogP) is 9.50. The number of hydrogen-bond donors (Lipinski definition) is 0. The summed E-state index contributed by atoms with van der Waals surface area (Å²) >= 11 is 0. The first-order chi connectivity index (χ1) is 15.9. The first-order valence-corrected chi connectivity index (χ1v) is 12.0. The average Bonchev–Trinajstić information content (AvgIpc) is 2.87. The second-order valence-corrected chi connectivity index (χ2v) is 8.47. The Bertz CT molecular complexity index is 974. The third-order valence-electron chi connectivity index (χ3n) is 6.33. The third kappa shape index (κ3) is 4.54. The highest BCUT2D eigenvalue weighted by Crippen LogP contribution is 2.52. The summed E-state index contributed by atoms with van der Waals surface area (Å²) in [5.41, 5.74) is 6.53. The Kier molecular flexibility index (Phi) is 7.53. The zero-order valence-electron chi connectivity index (χ0n) is 19.2. The second-order valence-electron chi connectivity index (χ2n) is 8.47. The predicted molar refractivity (Wildman–Crippen MR) is 139 cm³/mol. The van der Waals surface area contributed by atoms with Crippen molar-refractivity contribution in [3.63, 3.8) is 0 Å². The molecule has 0 atom stereocenters. The summed E-state index contributed by atoms with van der Waals surface area (Å²) in [6, 6.07) is 41.9. The molecule has 1 nitrogen and oxygen atoms in total. The molecule has 0 aromatic heterocycles. The maximum Gasteiger partial charge on any atom is 0.151 e. The van der Waals surface area contributed by atoms with E-state index in [1.165, 1.54) is 60.4 Å². The van der Waals surface area contributed by atoms with Gasteiger partial charge in [-0.15, -0.1) is 0 Å². The number of rotatable bonds is 10. The lowest BCUT2D eigenvalue weighted by molar-refractivity contribution is 0.625. The number of unbranched alkanes of at least 4 members (excludes halogenated alkanes) is 4. The van der Waals surface area contributed by atoms with Gasteiger partial charge in [0.05, 0.1) is 0 Å². The fraction of sp³-hybridized carbons (Fsp3) is 0.226. The van der Waals surface area contributed by atoms with Crippen LogP contribution >= 0.6 is 0 Å². The molecule has 0 saturated carbocycles. The summed E-state index contributed by atoms with van der Waals surface area (Å²) < 4.78 is 0.591. The second kappa shape index (κ2) is 10.9. The van der Waals surface area contributed by atoms with Gasteiger partial charge < -0.3 is 0 Å². The quantitative estimate of drug-likeness (QED) is 0.177. The maximum absolute atomic E-state index is 2.33. The highest BCUT2D eigenvalue weighted by atomic mass is 15.4. The van der Waals surface area contributed by atoms with Crippen LogP contribution in [0.2, 0.25) is 0 Å². The van der Waals surface area contributed by atoms with E-state index >= 15 is 0 Å². The summed E-state index contributed by atoms with van der Waals surface area (Å²) in [6.07, 6.45) is 7.58. The molecular weight excluding hydrogens is 386 g/mol. The monoisotopic (exact) mass is 420 g/mol. The number of aryl methyl sites for hydroxylation is 1. The standard InChI is InChI=1S/C31H34N/c1-2-3-4-5-9-18-27-19-16-17-26-31(27)32(28-20-10-6-11-21-28,29-22-12-7-13-23-29)30-24-14-8-15-25-30/h6-8,10-17,19-26H,2-5,9,18H2,1H3/q+1. The molecule has 0 spiro atoms. The van der Waals surface area contributed by atoms with E-state index < -0.39 is 0 Å². The van der Waals surface area contributed by atoms with Crippen molar-refractivity contribution in [2.45, 2.75) is 45.4 Å². The van der Waals surface area contributed by atoms with Crippen molar-refractivity contribution >= 4 is 22.7 Å². The van der Waals surface area contributed by atoms with Crippen molar-refractivity contribution < 1.29 is 0 Å². The van der Waals surface area contributed by atoms with Gasteiger partial charge >= 0.3 is 0 Å². The van der Waals surface area contributed by atoms with Crippen LogP contribution in [0, 0.1) is 0 Å². The van der Waals surface area contributed by atoms with Crippen molar-refractivity contribution in [1.29, 1.82) is 0 Å². The molecule has 0 fully saturated rings. The lowest BCUT2D eigenvalue weighted by Gasteiger charge is -2.38. The van der Waals surface area contributed by atoms with Gasteiger partial charge in [0.15, 0.2) is 5.69 Å². The molecule has 0 radical (unpaired) electrons. The van der Waals surface area contributed by atoms with Crippen LogP contribution in [-0.4, -0.2) is 0 Å². The van der Waals surface area contributed by atoms with E-state index in [1.54, 1.807) is 0 Å². The Balaban J connectivity index is 1.92. The molecule has 0 amide bonds. The van der Waals surface area contributed by atoms with E-state index in [0.29, 0.717) is 4.48 Å². The van der Waals surface area contributed by atoms with E-state index in [1.807, 2.05) is 0 Å².